The quantitative estimate of drug-likeness (QED) is 0.768. The molecule has 0 aromatic heterocycles. The molecule has 1 heterocycles. The van der Waals surface area contributed by atoms with Crippen LogP contribution in [0, 0.1) is 6.92 Å². The minimum atomic E-state index is 0.871. The van der Waals surface area contributed by atoms with E-state index in [4.69, 9.17) is 5.73 Å². The number of nitrogen functional groups attached to an aromatic ring is 1. The summed E-state index contributed by atoms with van der Waals surface area (Å²) in [5, 5.41) is 0. The molecule has 0 radical (unpaired) electrons. The number of aryl methyl sites for hydroxylation is 1. The van der Waals surface area contributed by atoms with Gasteiger partial charge in [-0.15, -0.1) is 0 Å². The lowest BCUT2D eigenvalue weighted by Crippen LogP contribution is -2.25. The summed E-state index contributed by atoms with van der Waals surface area (Å²) in [5.74, 6) is 0. The van der Waals surface area contributed by atoms with Crippen LogP contribution in [0.5, 0.6) is 0 Å². The van der Waals surface area contributed by atoms with E-state index in [2.05, 4.69) is 42.2 Å². The van der Waals surface area contributed by atoms with Crippen LogP contribution in [0.4, 0.5) is 17.1 Å². The lowest BCUT2D eigenvalue weighted by atomic mass is 10.00. The van der Waals surface area contributed by atoms with Gasteiger partial charge in [-0.25, -0.2) is 0 Å². The molecule has 0 amide bonds. The summed E-state index contributed by atoms with van der Waals surface area (Å²) >= 11 is 0. The molecule has 92 valence electrons. The molecule has 2 heteroatoms. The molecule has 2 nitrogen and oxygen atoms in total. The Morgan fingerprint density at radius 3 is 2.67 bits per heavy atom. The van der Waals surface area contributed by atoms with Crippen LogP contribution in [-0.2, 0) is 6.42 Å². The predicted molar refractivity (Wildman–Crippen MR) is 77.4 cm³/mol. The van der Waals surface area contributed by atoms with Crippen molar-refractivity contribution in [3.05, 3.63) is 53.6 Å². The fourth-order valence-electron chi connectivity index (χ4n) is 2.72. The van der Waals surface area contributed by atoms with E-state index in [1.165, 1.54) is 35.3 Å². The Balaban J connectivity index is 2.11. The molecule has 0 saturated carbocycles. The Bertz CT molecular complexity index is 575. The fraction of sp³-hybridized carbons (Fsp3) is 0.250. The van der Waals surface area contributed by atoms with Gasteiger partial charge in [0, 0.05) is 23.6 Å². The summed E-state index contributed by atoms with van der Waals surface area (Å²) in [6, 6.07) is 14.8. The van der Waals surface area contributed by atoms with Crippen molar-refractivity contribution in [1.82, 2.24) is 0 Å². The average Bonchev–Trinajstić information content (AvgIpc) is 2.41. The molecule has 3 rings (SSSR count). The normalized spacial score (nSPS) is 14.4. The average molecular weight is 238 g/mol. The number of fused-ring (bicyclic) bond motifs is 1. The molecule has 2 aromatic carbocycles. The lowest BCUT2D eigenvalue weighted by Gasteiger charge is -2.32. The van der Waals surface area contributed by atoms with Crippen LogP contribution in [-0.4, -0.2) is 6.54 Å². The Hall–Kier alpha value is -1.96. The number of hydrogen-bond donors (Lipinski definition) is 1. The Kier molecular flexibility index (Phi) is 2.71. The number of benzene rings is 2. The topological polar surface area (TPSA) is 29.3 Å². The highest BCUT2D eigenvalue weighted by atomic mass is 15.1. The van der Waals surface area contributed by atoms with E-state index in [1.54, 1.807) is 0 Å². The number of nitrogens with two attached hydrogens (primary N) is 1. The van der Waals surface area contributed by atoms with Crippen LogP contribution in [0.2, 0.25) is 0 Å². The lowest BCUT2D eigenvalue weighted by molar-refractivity contribution is 0.765. The van der Waals surface area contributed by atoms with Gasteiger partial charge in [-0.3, -0.25) is 0 Å². The highest BCUT2D eigenvalue weighted by Crippen LogP contribution is 2.36. The van der Waals surface area contributed by atoms with Gasteiger partial charge in [-0.2, -0.15) is 0 Å². The highest BCUT2D eigenvalue weighted by molar-refractivity contribution is 5.73. The standard InChI is InChI=1S/C16H18N2/c1-12-14(17)8-4-10-15(12)18-11-5-7-13-6-2-3-9-16(13)18/h2-4,6,8-10H,5,7,11,17H2,1H3. The summed E-state index contributed by atoms with van der Waals surface area (Å²) in [6.45, 7) is 3.17. The van der Waals surface area contributed by atoms with E-state index in [0.29, 0.717) is 0 Å². The molecular weight excluding hydrogens is 220 g/mol. The Morgan fingerprint density at radius 1 is 1.00 bits per heavy atom. The van der Waals surface area contributed by atoms with Gasteiger partial charge >= 0.3 is 0 Å². The van der Waals surface area contributed by atoms with E-state index in [-0.39, 0.29) is 0 Å². The molecule has 0 saturated heterocycles. The van der Waals surface area contributed by atoms with Crippen molar-refractivity contribution in [3.63, 3.8) is 0 Å². The number of nitrogens with zero attached hydrogens (tertiary/aromatic N) is 1. The third-order valence-electron chi connectivity index (χ3n) is 3.75. The molecular formula is C16H18N2. The molecule has 1 aliphatic rings. The molecule has 0 atom stereocenters. The monoisotopic (exact) mass is 238 g/mol. The first-order valence-corrected chi connectivity index (χ1v) is 6.48. The summed E-state index contributed by atoms with van der Waals surface area (Å²) in [7, 11) is 0. The van der Waals surface area contributed by atoms with E-state index in [9.17, 15) is 0 Å². The first kappa shape index (κ1) is 11.1. The first-order valence-electron chi connectivity index (χ1n) is 6.48. The van der Waals surface area contributed by atoms with E-state index < -0.39 is 0 Å². The number of rotatable bonds is 1. The maximum Gasteiger partial charge on any atom is 0.0461 e. The molecule has 1 aliphatic heterocycles. The second kappa shape index (κ2) is 4.37. The number of hydrogen-bond acceptors (Lipinski definition) is 2. The molecule has 0 aliphatic carbocycles. The largest absolute Gasteiger partial charge is 0.398 e. The third-order valence-corrected chi connectivity index (χ3v) is 3.75. The maximum atomic E-state index is 6.02. The second-order valence-electron chi connectivity index (χ2n) is 4.88. The van der Waals surface area contributed by atoms with Gasteiger partial charge in [-0.05, 0) is 49.1 Å². The SMILES string of the molecule is Cc1c(N)cccc1N1CCCc2ccccc21. The minimum Gasteiger partial charge on any atom is -0.398 e. The van der Waals surface area contributed by atoms with E-state index in [1.807, 2.05) is 12.1 Å². The summed E-state index contributed by atoms with van der Waals surface area (Å²) < 4.78 is 0. The van der Waals surface area contributed by atoms with Gasteiger partial charge in [0.2, 0.25) is 0 Å². The molecule has 0 unspecified atom stereocenters. The summed E-state index contributed by atoms with van der Waals surface area (Å²) in [5.41, 5.74) is 12.1. The van der Waals surface area contributed by atoms with Crippen LogP contribution in [0.15, 0.2) is 42.5 Å². The highest BCUT2D eigenvalue weighted by Gasteiger charge is 2.19. The molecule has 2 aromatic rings. The van der Waals surface area contributed by atoms with Crippen LogP contribution in [0.3, 0.4) is 0 Å². The second-order valence-corrected chi connectivity index (χ2v) is 4.88. The van der Waals surface area contributed by atoms with Crippen LogP contribution in [0.1, 0.15) is 17.5 Å². The minimum absolute atomic E-state index is 0.871. The Morgan fingerprint density at radius 2 is 1.78 bits per heavy atom. The van der Waals surface area contributed by atoms with Gasteiger partial charge < -0.3 is 10.6 Å². The molecule has 0 fully saturated rings. The zero-order valence-corrected chi connectivity index (χ0v) is 10.7. The van der Waals surface area contributed by atoms with Crippen molar-refractivity contribution in [2.45, 2.75) is 19.8 Å². The van der Waals surface area contributed by atoms with Crippen molar-refractivity contribution in [2.24, 2.45) is 0 Å². The molecule has 0 bridgehead atoms. The van der Waals surface area contributed by atoms with Crippen LogP contribution in [0.25, 0.3) is 0 Å². The van der Waals surface area contributed by atoms with Crippen LogP contribution >= 0.6 is 0 Å². The van der Waals surface area contributed by atoms with Crippen molar-refractivity contribution >= 4 is 17.1 Å². The van der Waals surface area contributed by atoms with Crippen molar-refractivity contribution in [2.75, 3.05) is 17.2 Å². The zero-order chi connectivity index (χ0) is 12.5. The fourth-order valence-corrected chi connectivity index (χ4v) is 2.72. The van der Waals surface area contributed by atoms with Crippen molar-refractivity contribution in [1.29, 1.82) is 0 Å². The van der Waals surface area contributed by atoms with E-state index in [0.717, 1.165) is 12.2 Å². The number of anilines is 3. The third kappa shape index (κ3) is 1.74. The number of para-hydroxylation sites is 1. The summed E-state index contributed by atoms with van der Waals surface area (Å²) in [4.78, 5) is 2.39. The zero-order valence-electron chi connectivity index (χ0n) is 10.7. The Labute approximate surface area is 108 Å². The van der Waals surface area contributed by atoms with Crippen molar-refractivity contribution in [3.8, 4) is 0 Å². The van der Waals surface area contributed by atoms with Gasteiger partial charge in [-0.1, -0.05) is 24.3 Å². The molecule has 0 spiro atoms. The van der Waals surface area contributed by atoms with E-state index >= 15 is 0 Å². The smallest absolute Gasteiger partial charge is 0.0461 e. The van der Waals surface area contributed by atoms with Gasteiger partial charge in [0.05, 0.1) is 0 Å². The van der Waals surface area contributed by atoms with Gasteiger partial charge in [0.15, 0.2) is 0 Å². The first-order chi connectivity index (χ1) is 8.77. The predicted octanol–water partition coefficient (Wildman–Crippen LogP) is 3.66. The van der Waals surface area contributed by atoms with Gasteiger partial charge in [0.25, 0.3) is 0 Å². The van der Waals surface area contributed by atoms with Crippen molar-refractivity contribution < 1.29 is 0 Å². The summed E-state index contributed by atoms with van der Waals surface area (Å²) in [6.07, 6.45) is 2.37. The maximum absolute atomic E-state index is 6.02. The molecule has 2 N–H and O–H groups in total. The van der Waals surface area contributed by atoms with Crippen LogP contribution < -0.4 is 10.6 Å². The van der Waals surface area contributed by atoms with Gasteiger partial charge in [0.1, 0.15) is 0 Å². The molecule has 18 heavy (non-hydrogen) atoms.